The SMILES string of the molecule is C[S+]([O-])c1cc(Cl)c2nc(Nc3ccc(OC(F)(F)Cl)cc3)ccc2c1. The van der Waals surface area contributed by atoms with Gasteiger partial charge in [0.1, 0.15) is 17.8 Å². The number of alkyl halides is 3. The van der Waals surface area contributed by atoms with E-state index in [1.807, 2.05) is 0 Å². The van der Waals surface area contributed by atoms with E-state index in [0.29, 0.717) is 26.9 Å². The molecule has 3 rings (SSSR count). The molecule has 0 aliphatic heterocycles. The molecule has 1 atom stereocenters. The first-order valence-electron chi connectivity index (χ1n) is 7.28. The number of fused-ring (bicyclic) bond motifs is 1. The highest BCUT2D eigenvalue weighted by Crippen LogP contribution is 2.29. The fourth-order valence-corrected chi connectivity index (χ4v) is 3.29. The van der Waals surface area contributed by atoms with Crippen LogP contribution < -0.4 is 10.1 Å². The molecule has 3 aromatic rings. The first-order valence-corrected chi connectivity index (χ1v) is 9.59. The van der Waals surface area contributed by atoms with Gasteiger partial charge in [-0.05, 0) is 47.6 Å². The Kier molecular flexibility index (Phi) is 5.43. The summed E-state index contributed by atoms with van der Waals surface area (Å²) in [6.07, 6.45) is 1.58. The number of aromatic nitrogens is 1. The summed E-state index contributed by atoms with van der Waals surface area (Å²) in [4.78, 5) is 5.06. The summed E-state index contributed by atoms with van der Waals surface area (Å²) in [5, 5.41) is 4.20. The van der Waals surface area contributed by atoms with E-state index >= 15 is 0 Å². The largest absolute Gasteiger partial charge is 0.612 e. The van der Waals surface area contributed by atoms with Crippen LogP contribution >= 0.6 is 23.2 Å². The fourth-order valence-electron chi connectivity index (χ4n) is 2.29. The average Bonchev–Trinajstić information content (AvgIpc) is 2.55. The van der Waals surface area contributed by atoms with Gasteiger partial charge in [0.2, 0.25) is 0 Å². The van der Waals surface area contributed by atoms with Gasteiger partial charge in [-0.25, -0.2) is 4.98 Å². The second-order valence-electron chi connectivity index (χ2n) is 5.32. The van der Waals surface area contributed by atoms with Crippen molar-refractivity contribution in [1.29, 1.82) is 0 Å². The number of benzene rings is 2. The maximum absolute atomic E-state index is 12.6. The zero-order chi connectivity index (χ0) is 18.9. The molecule has 0 saturated heterocycles. The normalized spacial score (nSPS) is 12.8. The monoisotopic (exact) mass is 416 g/mol. The van der Waals surface area contributed by atoms with Crippen LogP contribution in [0.3, 0.4) is 0 Å². The molecule has 9 heteroatoms. The molecule has 136 valence electrons. The third kappa shape index (κ3) is 4.67. The maximum Gasteiger partial charge on any atom is 0.487 e. The van der Waals surface area contributed by atoms with Crippen LogP contribution in [0.25, 0.3) is 10.9 Å². The molecule has 0 radical (unpaired) electrons. The molecular weight excluding hydrogens is 405 g/mol. The predicted octanol–water partition coefficient (Wildman–Crippen LogP) is 5.54. The number of ether oxygens (including phenoxy) is 1. The lowest BCUT2D eigenvalue weighted by atomic mass is 10.2. The molecule has 0 bridgehead atoms. The number of pyridine rings is 1. The van der Waals surface area contributed by atoms with Gasteiger partial charge < -0.3 is 14.6 Å². The number of nitrogens with one attached hydrogen (secondary N) is 1. The second-order valence-corrected chi connectivity index (χ2v) is 7.55. The number of hydrogen-bond donors (Lipinski definition) is 1. The van der Waals surface area contributed by atoms with E-state index in [4.69, 9.17) is 23.2 Å². The summed E-state index contributed by atoms with van der Waals surface area (Å²) in [6.45, 7) is 0. The molecule has 0 aliphatic carbocycles. The lowest BCUT2D eigenvalue weighted by Crippen LogP contribution is -2.15. The first-order chi connectivity index (χ1) is 12.2. The minimum absolute atomic E-state index is 0.0647. The quantitative estimate of drug-likeness (QED) is 0.438. The van der Waals surface area contributed by atoms with Crippen molar-refractivity contribution in [3.8, 4) is 5.75 Å². The minimum Gasteiger partial charge on any atom is -0.612 e. The molecule has 1 unspecified atom stereocenters. The summed E-state index contributed by atoms with van der Waals surface area (Å²) < 4.78 is 41.1. The van der Waals surface area contributed by atoms with Crippen LogP contribution in [0.5, 0.6) is 5.75 Å². The Hall–Kier alpha value is -1.80. The first kappa shape index (κ1) is 19.0. The van der Waals surface area contributed by atoms with Crippen molar-refractivity contribution in [3.63, 3.8) is 0 Å². The van der Waals surface area contributed by atoms with Crippen LogP contribution in [0.1, 0.15) is 0 Å². The van der Waals surface area contributed by atoms with Crippen molar-refractivity contribution < 1.29 is 18.1 Å². The maximum atomic E-state index is 12.6. The van der Waals surface area contributed by atoms with E-state index < -0.39 is 16.7 Å². The third-order valence-electron chi connectivity index (χ3n) is 3.41. The van der Waals surface area contributed by atoms with Crippen molar-refractivity contribution in [1.82, 2.24) is 4.98 Å². The van der Waals surface area contributed by atoms with Gasteiger partial charge in [-0.2, -0.15) is 0 Å². The number of hydrogen-bond acceptors (Lipinski definition) is 4. The Morgan fingerprint density at radius 3 is 2.46 bits per heavy atom. The molecule has 0 amide bonds. The lowest BCUT2D eigenvalue weighted by molar-refractivity contribution is -0.0964. The standard InChI is InChI=1S/C17H12Cl2F2N2O2S/c1-26(24)13-8-10-2-7-15(23-16(10)14(18)9-13)22-11-3-5-12(6-4-11)25-17(19,20)21/h2-9H,1H3,(H,22,23). The number of anilines is 2. The molecular formula is C17H12Cl2F2N2O2S. The highest BCUT2D eigenvalue weighted by molar-refractivity contribution is 7.90. The van der Waals surface area contributed by atoms with E-state index in [0.717, 1.165) is 5.39 Å². The summed E-state index contributed by atoms with van der Waals surface area (Å²) in [7, 11) is 0. The average molecular weight is 417 g/mol. The van der Waals surface area contributed by atoms with E-state index in [1.54, 1.807) is 42.7 Å². The Labute approximate surface area is 161 Å². The highest BCUT2D eigenvalue weighted by atomic mass is 35.5. The van der Waals surface area contributed by atoms with Crippen molar-refractivity contribution in [2.24, 2.45) is 0 Å². The van der Waals surface area contributed by atoms with Gasteiger partial charge in [0.15, 0.2) is 4.90 Å². The number of nitrogens with zero attached hydrogens (tertiary/aromatic N) is 1. The Morgan fingerprint density at radius 2 is 1.85 bits per heavy atom. The van der Waals surface area contributed by atoms with Crippen molar-refractivity contribution in [2.75, 3.05) is 11.6 Å². The van der Waals surface area contributed by atoms with Gasteiger partial charge in [-0.3, -0.25) is 0 Å². The topological polar surface area (TPSA) is 57.2 Å². The summed E-state index contributed by atoms with van der Waals surface area (Å²) in [6, 6.07) is 12.7. The van der Waals surface area contributed by atoms with E-state index in [-0.39, 0.29) is 5.75 Å². The van der Waals surface area contributed by atoms with Crippen LogP contribution in [-0.2, 0) is 11.2 Å². The van der Waals surface area contributed by atoms with Crippen molar-refractivity contribution >= 4 is 56.8 Å². The zero-order valence-corrected chi connectivity index (χ0v) is 15.6. The molecule has 4 nitrogen and oxygen atoms in total. The minimum atomic E-state index is -3.76. The molecule has 2 aromatic carbocycles. The summed E-state index contributed by atoms with van der Waals surface area (Å²) in [5.74, 6) is 0.450. The fraction of sp³-hybridized carbons (Fsp3) is 0.118. The van der Waals surface area contributed by atoms with Crippen LogP contribution in [0.4, 0.5) is 20.3 Å². The molecule has 1 heterocycles. The molecule has 26 heavy (non-hydrogen) atoms. The Morgan fingerprint density at radius 1 is 1.15 bits per heavy atom. The van der Waals surface area contributed by atoms with Gasteiger partial charge in [-0.15, -0.1) is 8.78 Å². The number of halogens is 4. The van der Waals surface area contributed by atoms with Gasteiger partial charge in [0.05, 0.1) is 10.5 Å². The molecule has 0 spiro atoms. The van der Waals surface area contributed by atoms with Gasteiger partial charge >= 0.3 is 5.57 Å². The van der Waals surface area contributed by atoms with Crippen LogP contribution in [0.15, 0.2) is 53.4 Å². The summed E-state index contributed by atoms with van der Waals surface area (Å²) in [5.41, 5.74) is -2.58. The highest BCUT2D eigenvalue weighted by Gasteiger charge is 2.27. The smallest absolute Gasteiger partial charge is 0.487 e. The van der Waals surface area contributed by atoms with Crippen molar-refractivity contribution in [2.45, 2.75) is 10.5 Å². The molecule has 0 aliphatic rings. The van der Waals surface area contributed by atoms with Gasteiger partial charge in [0, 0.05) is 34.8 Å². The van der Waals surface area contributed by atoms with Crippen LogP contribution in [0, 0.1) is 0 Å². The van der Waals surface area contributed by atoms with Gasteiger partial charge in [0.25, 0.3) is 0 Å². The molecule has 1 aromatic heterocycles. The zero-order valence-electron chi connectivity index (χ0n) is 13.3. The van der Waals surface area contributed by atoms with E-state index in [2.05, 4.69) is 15.0 Å². The Balaban J connectivity index is 1.83. The van der Waals surface area contributed by atoms with Crippen LogP contribution in [-0.4, -0.2) is 21.4 Å². The van der Waals surface area contributed by atoms with Gasteiger partial charge in [-0.1, -0.05) is 11.6 Å². The van der Waals surface area contributed by atoms with Crippen LogP contribution in [0.2, 0.25) is 5.02 Å². The van der Waals surface area contributed by atoms with E-state index in [9.17, 15) is 13.3 Å². The summed E-state index contributed by atoms with van der Waals surface area (Å²) >= 11 is 9.82. The number of rotatable bonds is 5. The molecule has 0 saturated carbocycles. The predicted molar refractivity (Wildman–Crippen MR) is 100 cm³/mol. The molecule has 1 N–H and O–H groups in total. The Bertz CT molecular complexity index is 934. The lowest BCUT2D eigenvalue weighted by Gasteiger charge is -2.12. The van der Waals surface area contributed by atoms with E-state index in [1.165, 1.54) is 12.1 Å². The second kappa shape index (κ2) is 7.44. The van der Waals surface area contributed by atoms with Crippen molar-refractivity contribution in [3.05, 3.63) is 53.6 Å². The third-order valence-corrected chi connectivity index (χ3v) is 4.68. The molecule has 0 fully saturated rings.